The third-order valence-electron chi connectivity index (χ3n) is 4.47. The summed E-state index contributed by atoms with van der Waals surface area (Å²) in [6.45, 7) is 5.04. The number of urea groups is 1. The Morgan fingerprint density at radius 1 is 1.04 bits per heavy atom. The predicted molar refractivity (Wildman–Crippen MR) is 117 cm³/mol. The van der Waals surface area contributed by atoms with Gasteiger partial charge in [0.2, 0.25) is 5.91 Å². The van der Waals surface area contributed by atoms with Crippen molar-refractivity contribution >= 4 is 33.6 Å². The molecule has 6 heteroatoms. The number of carbonyl (C=O) groups excluding carboxylic acids is 2. The Morgan fingerprint density at radius 3 is 2.39 bits per heavy atom. The molecule has 2 N–H and O–H groups in total. The van der Waals surface area contributed by atoms with E-state index >= 15 is 0 Å². The molecule has 0 saturated heterocycles. The van der Waals surface area contributed by atoms with Gasteiger partial charge in [-0.2, -0.15) is 0 Å². The molecular weight excluding hydrogens is 418 g/mol. The summed E-state index contributed by atoms with van der Waals surface area (Å²) in [5.74, 6) is -0.0634. The van der Waals surface area contributed by atoms with Crippen molar-refractivity contribution in [1.29, 1.82) is 0 Å². The van der Waals surface area contributed by atoms with Gasteiger partial charge < -0.3 is 15.5 Å². The van der Waals surface area contributed by atoms with Gasteiger partial charge in [0.25, 0.3) is 0 Å². The summed E-state index contributed by atoms with van der Waals surface area (Å²) in [5, 5.41) is 5.92. The van der Waals surface area contributed by atoms with Crippen LogP contribution >= 0.6 is 15.9 Å². The summed E-state index contributed by atoms with van der Waals surface area (Å²) in [6.07, 6.45) is 2.14. The van der Waals surface area contributed by atoms with E-state index in [-0.39, 0.29) is 24.4 Å². The molecule has 0 heterocycles. The quantitative estimate of drug-likeness (QED) is 0.546. The first-order chi connectivity index (χ1) is 13.5. The van der Waals surface area contributed by atoms with Gasteiger partial charge in [-0.05, 0) is 47.0 Å². The van der Waals surface area contributed by atoms with E-state index in [1.807, 2.05) is 61.5 Å². The van der Waals surface area contributed by atoms with Crippen molar-refractivity contribution in [3.8, 4) is 0 Å². The maximum Gasteiger partial charge on any atom is 0.321 e. The van der Waals surface area contributed by atoms with Crippen LogP contribution < -0.4 is 10.6 Å². The minimum absolute atomic E-state index is 0.0631. The van der Waals surface area contributed by atoms with Gasteiger partial charge in [0.1, 0.15) is 0 Å². The molecule has 2 rings (SSSR count). The van der Waals surface area contributed by atoms with Gasteiger partial charge in [-0.25, -0.2) is 4.79 Å². The zero-order chi connectivity index (χ0) is 20.4. The fourth-order valence-electron chi connectivity index (χ4n) is 2.80. The van der Waals surface area contributed by atoms with Crippen LogP contribution in [-0.2, 0) is 4.79 Å². The highest BCUT2D eigenvalue weighted by molar-refractivity contribution is 9.10. The van der Waals surface area contributed by atoms with Crippen LogP contribution in [0, 0.1) is 0 Å². The smallest absolute Gasteiger partial charge is 0.321 e. The molecule has 5 nitrogen and oxygen atoms in total. The van der Waals surface area contributed by atoms with Gasteiger partial charge in [-0.3, -0.25) is 4.79 Å². The Labute approximate surface area is 175 Å². The largest absolute Gasteiger partial charge is 0.350 e. The highest BCUT2D eigenvalue weighted by Crippen LogP contribution is 2.21. The molecule has 0 aliphatic carbocycles. The maximum atomic E-state index is 12.7. The lowest BCUT2D eigenvalue weighted by molar-refractivity contribution is -0.121. The molecule has 2 aromatic rings. The fraction of sp³-hybridized carbons (Fsp3) is 0.364. The molecule has 0 aliphatic heterocycles. The lowest BCUT2D eigenvalue weighted by Gasteiger charge is -2.23. The molecule has 0 aliphatic rings. The van der Waals surface area contributed by atoms with Crippen LogP contribution in [0.4, 0.5) is 10.5 Å². The minimum atomic E-state index is -0.191. The molecule has 0 aromatic heterocycles. The highest BCUT2D eigenvalue weighted by Gasteiger charge is 2.17. The summed E-state index contributed by atoms with van der Waals surface area (Å²) in [5.41, 5.74) is 1.78. The third-order valence-corrected chi connectivity index (χ3v) is 5.16. The molecule has 0 spiro atoms. The molecule has 0 bridgehead atoms. The number of para-hydroxylation sites is 1. The number of rotatable bonds is 9. The summed E-state index contributed by atoms with van der Waals surface area (Å²) in [7, 11) is 0. The van der Waals surface area contributed by atoms with Gasteiger partial charge in [-0.15, -0.1) is 0 Å². The zero-order valence-electron chi connectivity index (χ0n) is 16.5. The summed E-state index contributed by atoms with van der Waals surface area (Å²) < 4.78 is 0.827. The van der Waals surface area contributed by atoms with Crippen molar-refractivity contribution in [2.75, 3.05) is 18.4 Å². The van der Waals surface area contributed by atoms with Crippen molar-refractivity contribution < 1.29 is 9.59 Å². The first-order valence-corrected chi connectivity index (χ1v) is 10.4. The second kappa shape index (κ2) is 11.5. The van der Waals surface area contributed by atoms with Crippen LogP contribution in [0.15, 0.2) is 59.1 Å². The second-order valence-corrected chi connectivity index (χ2v) is 7.55. The van der Waals surface area contributed by atoms with Crippen LogP contribution in [-0.4, -0.2) is 29.9 Å². The van der Waals surface area contributed by atoms with Crippen LogP contribution in [0.2, 0.25) is 0 Å². The monoisotopic (exact) mass is 445 g/mol. The topological polar surface area (TPSA) is 61.4 Å². The van der Waals surface area contributed by atoms with E-state index in [9.17, 15) is 9.59 Å². The standard InChI is InChI=1S/C22H28BrN3O2/c1-3-4-15-26(22(28)25-20-13-9-8-12-19(20)23)16-14-21(27)24-17(2)18-10-6-5-7-11-18/h5-13,17H,3-4,14-16H2,1-2H3,(H,24,27)(H,25,28). The molecule has 1 unspecified atom stereocenters. The van der Waals surface area contributed by atoms with Crippen LogP contribution in [0.25, 0.3) is 0 Å². The average Bonchev–Trinajstić information content (AvgIpc) is 2.70. The van der Waals surface area contributed by atoms with E-state index in [1.54, 1.807) is 4.90 Å². The Balaban J connectivity index is 1.91. The first kappa shape index (κ1) is 22.0. The summed E-state index contributed by atoms with van der Waals surface area (Å²) in [4.78, 5) is 26.8. The number of benzene rings is 2. The number of anilines is 1. The molecule has 2 aromatic carbocycles. The lowest BCUT2D eigenvalue weighted by atomic mass is 10.1. The number of hydrogen-bond acceptors (Lipinski definition) is 2. The van der Waals surface area contributed by atoms with E-state index in [4.69, 9.17) is 0 Å². The first-order valence-electron chi connectivity index (χ1n) is 9.66. The van der Waals surface area contributed by atoms with Gasteiger partial charge in [-0.1, -0.05) is 55.8 Å². The molecule has 28 heavy (non-hydrogen) atoms. The van der Waals surface area contributed by atoms with Gasteiger partial charge >= 0.3 is 6.03 Å². The zero-order valence-corrected chi connectivity index (χ0v) is 18.0. The number of carbonyl (C=O) groups is 2. The van der Waals surface area contributed by atoms with Crippen molar-refractivity contribution in [3.63, 3.8) is 0 Å². The van der Waals surface area contributed by atoms with Crippen molar-refractivity contribution in [1.82, 2.24) is 10.2 Å². The van der Waals surface area contributed by atoms with Crippen LogP contribution in [0.1, 0.15) is 44.7 Å². The summed E-state index contributed by atoms with van der Waals surface area (Å²) in [6, 6.07) is 17.1. The van der Waals surface area contributed by atoms with Crippen LogP contribution in [0.3, 0.4) is 0 Å². The second-order valence-electron chi connectivity index (χ2n) is 6.70. The van der Waals surface area contributed by atoms with Gasteiger partial charge in [0.15, 0.2) is 0 Å². The maximum absolute atomic E-state index is 12.7. The van der Waals surface area contributed by atoms with E-state index in [0.29, 0.717) is 13.1 Å². The predicted octanol–water partition coefficient (Wildman–Crippen LogP) is 5.35. The van der Waals surface area contributed by atoms with Gasteiger partial charge in [0, 0.05) is 24.0 Å². The number of halogens is 1. The molecule has 0 saturated carbocycles. The fourth-order valence-corrected chi connectivity index (χ4v) is 3.18. The number of unbranched alkanes of at least 4 members (excludes halogenated alkanes) is 1. The molecule has 1 atom stereocenters. The molecule has 0 fully saturated rings. The Kier molecular flexibility index (Phi) is 9.01. The average molecular weight is 446 g/mol. The number of amides is 3. The molecule has 3 amide bonds. The van der Waals surface area contributed by atoms with Crippen molar-refractivity contribution in [3.05, 3.63) is 64.6 Å². The van der Waals surface area contributed by atoms with E-state index in [1.165, 1.54) is 0 Å². The molecule has 150 valence electrons. The normalized spacial score (nSPS) is 11.5. The number of nitrogens with one attached hydrogen (secondary N) is 2. The SMILES string of the molecule is CCCCN(CCC(=O)NC(C)c1ccccc1)C(=O)Nc1ccccc1Br. The lowest BCUT2D eigenvalue weighted by Crippen LogP contribution is -2.39. The summed E-state index contributed by atoms with van der Waals surface area (Å²) >= 11 is 3.44. The third kappa shape index (κ3) is 7.00. The molecular formula is C22H28BrN3O2. The van der Waals surface area contributed by atoms with Crippen molar-refractivity contribution in [2.24, 2.45) is 0 Å². The minimum Gasteiger partial charge on any atom is -0.350 e. The van der Waals surface area contributed by atoms with Gasteiger partial charge in [0.05, 0.1) is 11.7 Å². The van der Waals surface area contributed by atoms with Crippen LogP contribution in [0.5, 0.6) is 0 Å². The van der Waals surface area contributed by atoms with E-state index < -0.39 is 0 Å². The Hall–Kier alpha value is -2.34. The Bertz CT molecular complexity index is 767. The van der Waals surface area contributed by atoms with Crippen molar-refractivity contribution in [2.45, 2.75) is 39.2 Å². The van der Waals surface area contributed by atoms with E-state index in [0.717, 1.165) is 28.6 Å². The highest BCUT2D eigenvalue weighted by atomic mass is 79.9. The van der Waals surface area contributed by atoms with E-state index in [2.05, 4.69) is 33.5 Å². The number of hydrogen-bond donors (Lipinski definition) is 2. The number of nitrogens with zero attached hydrogens (tertiary/aromatic N) is 1. The Morgan fingerprint density at radius 2 is 1.71 bits per heavy atom. The molecule has 0 radical (unpaired) electrons.